The predicted octanol–water partition coefficient (Wildman–Crippen LogP) is 2.99. The molecule has 0 unspecified atom stereocenters. The molecule has 0 aliphatic carbocycles. The van der Waals surface area contributed by atoms with Crippen molar-refractivity contribution in [3.63, 3.8) is 0 Å². The van der Waals surface area contributed by atoms with Gasteiger partial charge in [-0.15, -0.1) is 0 Å². The zero-order valence-corrected chi connectivity index (χ0v) is 8.72. The zero-order valence-electron chi connectivity index (χ0n) is 6.38. The van der Waals surface area contributed by atoms with E-state index in [-0.39, 0.29) is 0 Å². The van der Waals surface area contributed by atoms with Crippen LogP contribution >= 0.6 is 27.5 Å². The molecule has 4 heteroatoms. The fraction of sp³-hybridized carbons (Fsp3) is 0.125. The van der Waals surface area contributed by atoms with Crippen LogP contribution in [0.3, 0.4) is 0 Å². The molecule has 1 heterocycles. The maximum absolute atomic E-state index is 5.90. The summed E-state index contributed by atoms with van der Waals surface area (Å²) in [7, 11) is 1.87. The lowest BCUT2D eigenvalue weighted by Crippen LogP contribution is -1.89. The summed E-state index contributed by atoms with van der Waals surface area (Å²) in [6.07, 6.45) is 0. The second-order valence-electron chi connectivity index (χ2n) is 2.55. The number of rotatable bonds is 0. The summed E-state index contributed by atoms with van der Waals surface area (Å²) in [4.78, 5) is 0. The van der Waals surface area contributed by atoms with Crippen LogP contribution in [0.15, 0.2) is 22.7 Å². The van der Waals surface area contributed by atoms with Crippen molar-refractivity contribution in [1.29, 1.82) is 0 Å². The van der Waals surface area contributed by atoms with Crippen LogP contribution in [0, 0.1) is 0 Å². The van der Waals surface area contributed by atoms with Gasteiger partial charge in [-0.2, -0.15) is 5.10 Å². The van der Waals surface area contributed by atoms with Gasteiger partial charge >= 0.3 is 0 Å². The van der Waals surface area contributed by atoms with Crippen LogP contribution in [0.5, 0.6) is 0 Å². The van der Waals surface area contributed by atoms with Gasteiger partial charge in [0.05, 0.1) is 5.52 Å². The van der Waals surface area contributed by atoms with E-state index in [4.69, 9.17) is 11.6 Å². The molecule has 0 radical (unpaired) electrons. The number of para-hydroxylation sites is 1. The number of halogens is 2. The predicted molar refractivity (Wildman–Crippen MR) is 53.4 cm³/mol. The van der Waals surface area contributed by atoms with Gasteiger partial charge in [-0.05, 0) is 28.1 Å². The Kier molecular flexibility index (Phi) is 1.85. The number of fused-ring (bicyclic) bond motifs is 1. The summed E-state index contributed by atoms with van der Waals surface area (Å²) in [6, 6.07) is 5.87. The minimum absolute atomic E-state index is 0.550. The van der Waals surface area contributed by atoms with Gasteiger partial charge in [0.15, 0.2) is 5.15 Å². The third-order valence-corrected chi connectivity index (χ3v) is 2.69. The van der Waals surface area contributed by atoms with E-state index in [1.54, 1.807) is 4.68 Å². The van der Waals surface area contributed by atoms with Gasteiger partial charge in [0.2, 0.25) is 0 Å². The van der Waals surface area contributed by atoms with Gasteiger partial charge in [0.1, 0.15) is 0 Å². The lowest BCUT2D eigenvalue weighted by molar-refractivity contribution is 0.796. The van der Waals surface area contributed by atoms with Crippen LogP contribution in [0.2, 0.25) is 5.15 Å². The molecule has 0 atom stereocenters. The fourth-order valence-corrected chi connectivity index (χ4v) is 2.13. The SMILES string of the molecule is Cn1nc(Cl)c2cccc(Br)c21. The van der Waals surface area contributed by atoms with Crippen molar-refractivity contribution in [2.45, 2.75) is 0 Å². The maximum Gasteiger partial charge on any atom is 0.158 e. The molecule has 0 aliphatic rings. The van der Waals surface area contributed by atoms with Crippen LogP contribution in [0.1, 0.15) is 0 Å². The van der Waals surface area contributed by atoms with Crippen molar-refractivity contribution in [2.75, 3.05) is 0 Å². The van der Waals surface area contributed by atoms with Crippen molar-refractivity contribution < 1.29 is 0 Å². The van der Waals surface area contributed by atoms with Gasteiger partial charge in [-0.25, -0.2) is 0 Å². The van der Waals surface area contributed by atoms with Gasteiger partial charge < -0.3 is 0 Å². The number of aromatic nitrogens is 2. The normalized spacial score (nSPS) is 10.9. The Balaban J connectivity index is 2.99. The lowest BCUT2D eigenvalue weighted by Gasteiger charge is -1.95. The molecule has 0 N–H and O–H groups in total. The Bertz CT molecular complexity index is 436. The Labute approximate surface area is 83.3 Å². The first-order valence-corrected chi connectivity index (χ1v) is 4.64. The minimum atomic E-state index is 0.550. The summed E-state index contributed by atoms with van der Waals surface area (Å²) in [5.41, 5.74) is 1.03. The average molecular weight is 246 g/mol. The van der Waals surface area contributed by atoms with Gasteiger partial charge in [0.25, 0.3) is 0 Å². The molecule has 1 aromatic heterocycles. The zero-order chi connectivity index (χ0) is 8.72. The monoisotopic (exact) mass is 244 g/mol. The molecule has 0 amide bonds. The number of benzene rings is 1. The van der Waals surface area contributed by atoms with Crippen molar-refractivity contribution in [1.82, 2.24) is 9.78 Å². The van der Waals surface area contributed by atoms with E-state index < -0.39 is 0 Å². The second-order valence-corrected chi connectivity index (χ2v) is 3.76. The smallest absolute Gasteiger partial charge is 0.158 e. The topological polar surface area (TPSA) is 17.8 Å². The van der Waals surface area contributed by atoms with Crippen LogP contribution in [0.25, 0.3) is 10.9 Å². The number of hydrogen-bond acceptors (Lipinski definition) is 1. The Morgan fingerprint density at radius 1 is 1.50 bits per heavy atom. The highest BCUT2D eigenvalue weighted by Gasteiger charge is 2.07. The van der Waals surface area contributed by atoms with E-state index in [0.717, 1.165) is 15.4 Å². The van der Waals surface area contributed by atoms with Gasteiger partial charge in [-0.3, -0.25) is 4.68 Å². The first-order chi connectivity index (χ1) is 5.70. The second kappa shape index (κ2) is 2.75. The maximum atomic E-state index is 5.90. The summed E-state index contributed by atoms with van der Waals surface area (Å²) < 4.78 is 2.78. The van der Waals surface area contributed by atoms with E-state index in [1.807, 2.05) is 25.2 Å². The first kappa shape index (κ1) is 8.08. The highest BCUT2D eigenvalue weighted by molar-refractivity contribution is 9.10. The lowest BCUT2D eigenvalue weighted by atomic mass is 10.3. The molecular formula is C8H6BrClN2. The molecule has 2 rings (SSSR count). The van der Waals surface area contributed by atoms with E-state index in [9.17, 15) is 0 Å². The molecule has 2 nitrogen and oxygen atoms in total. The van der Waals surface area contributed by atoms with Gasteiger partial charge in [-0.1, -0.05) is 17.7 Å². The standard InChI is InChI=1S/C8H6BrClN2/c1-12-7-5(8(10)11-12)3-2-4-6(7)9/h2-4H,1H3. The number of aryl methyl sites for hydroxylation is 1. The summed E-state index contributed by atoms with van der Waals surface area (Å²) in [5, 5.41) is 5.63. The quantitative estimate of drug-likeness (QED) is 0.698. The molecule has 62 valence electrons. The molecule has 0 bridgehead atoms. The largest absolute Gasteiger partial charge is 0.265 e. The van der Waals surface area contributed by atoms with Crippen LogP contribution < -0.4 is 0 Å². The van der Waals surface area contributed by atoms with Crippen molar-refractivity contribution >= 4 is 38.4 Å². The molecule has 0 fully saturated rings. The number of nitrogens with zero attached hydrogens (tertiary/aromatic N) is 2. The van der Waals surface area contributed by atoms with Crippen molar-refractivity contribution in [3.8, 4) is 0 Å². The molecule has 1 aromatic carbocycles. The highest BCUT2D eigenvalue weighted by Crippen LogP contribution is 2.27. The summed E-state index contributed by atoms with van der Waals surface area (Å²) in [5.74, 6) is 0. The Morgan fingerprint density at radius 2 is 2.25 bits per heavy atom. The molecular weight excluding hydrogens is 239 g/mol. The van der Waals surface area contributed by atoms with Crippen molar-refractivity contribution in [3.05, 3.63) is 27.8 Å². The fourth-order valence-electron chi connectivity index (χ4n) is 1.25. The summed E-state index contributed by atoms with van der Waals surface area (Å²) in [6.45, 7) is 0. The van der Waals surface area contributed by atoms with E-state index in [2.05, 4.69) is 21.0 Å². The Morgan fingerprint density at radius 3 is 2.92 bits per heavy atom. The van der Waals surface area contributed by atoms with Crippen LogP contribution in [-0.4, -0.2) is 9.78 Å². The van der Waals surface area contributed by atoms with E-state index in [1.165, 1.54) is 0 Å². The van der Waals surface area contributed by atoms with Crippen molar-refractivity contribution in [2.24, 2.45) is 7.05 Å². The van der Waals surface area contributed by atoms with Gasteiger partial charge in [0, 0.05) is 16.9 Å². The van der Waals surface area contributed by atoms with E-state index in [0.29, 0.717) is 5.15 Å². The Hall–Kier alpha value is -0.540. The highest BCUT2D eigenvalue weighted by atomic mass is 79.9. The van der Waals surface area contributed by atoms with E-state index >= 15 is 0 Å². The van der Waals surface area contributed by atoms with Crippen LogP contribution in [0.4, 0.5) is 0 Å². The molecule has 0 saturated heterocycles. The van der Waals surface area contributed by atoms with Crippen LogP contribution in [-0.2, 0) is 7.05 Å². The average Bonchev–Trinajstić information content (AvgIpc) is 2.29. The molecule has 12 heavy (non-hydrogen) atoms. The minimum Gasteiger partial charge on any atom is -0.265 e. The first-order valence-electron chi connectivity index (χ1n) is 3.47. The molecule has 0 aliphatic heterocycles. The third kappa shape index (κ3) is 1.04. The molecule has 2 aromatic rings. The molecule has 0 saturated carbocycles. The molecule has 0 spiro atoms. The third-order valence-electron chi connectivity index (χ3n) is 1.77. The number of hydrogen-bond donors (Lipinski definition) is 0. The summed E-state index contributed by atoms with van der Waals surface area (Å²) >= 11 is 9.34.